The maximum atomic E-state index is 13.6. The number of amides is 1. The number of rotatable bonds is 5. The third-order valence-electron chi connectivity index (χ3n) is 6.06. The van der Waals surface area contributed by atoms with Crippen LogP contribution in [0.1, 0.15) is 16.1 Å². The summed E-state index contributed by atoms with van der Waals surface area (Å²) in [6.07, 6.45) is 3.97. The zero-order valence-corrected chi connectivity index (χ0v) is 19.1. The summed E-state index contributed by atoms with van der Waals surface area (Å²) in [7, 11) is 0. The Kier molecular flexibility index (Phi) is 5.23. The molecule has 172 valence electrons. The van der Waals surface area contributed by atoms with Crippen molar-refractivity contribution in [3.05, 3.63) is 70.4 Å². The van der Waals surface area contributed by atoms with Crippen molar-refractivity contribution in [3.8, 4) is 0 Å². The minimum absolute atomic E-state index is 0.150. The Bertz CT molecular complexity index is 1570. The number of aromatic amines is 1. The van der Waals surface area contributed by atoms with Crippen LogP contribution in [0.3, 0.4) is 0 Å². The van der Waals surface area contributed by atoms with Crippen molar-refractivity contribution >= 4 is 49.1 Å². The Morgan fingerprint density at radius 3 is 2.85 bits per heavy atom. The minimum Gasteiger partial charge on any atom is -0.378 e. The lowest BCUT2D eigenvalue weighted by molar-refractivity contribution is 0.0954. The molecule has 1 fully saturated rings. The van der Waals surface area contributed by atoms with Crippen molar-refractivity contribution in [3.63, 3.8) is 0 Å². The lowest BCUT2D eigenvalue weighted by Gasteiger charge is -2.27. The van der Waals surface area contributed by atoms with Crippen LogP contribution in [0.2, 0.25) is 0 Å². The highest BCUT2D eigenvalue weighted by Gasteiger charge is 2.23. The van der Waals surface area contributed by atoms with Crippen LogP contribution in [0.4, 0.5) is 5.82 Å². The molecular weight excluding hydrogens is 452 g/mol. The van der Waals surface area contributed by atoms with Crippen LogP contribution in [0, 0.1) is 0 Å². The van der Waals surface area contributed by atoms with Crippen LogP contribution in [-0.2, 0) is 11.2 Å². The predicted octanol–water partition coefficient (Wildman–Crippen LogP) is 2.59. The molecule has 1 aliphatic heterocycles. The van der Waals surface area contributed by atoms with E-state index in [0.29, 0.717) is 42.0 Å². The quantitative estimate of drug-likeness (QED) is 0.406. The number of hydrogen-bond acceptors (Lipinski definition) is 7. The summed E-state index contributed by atoms with van der Waals surface area (Å²) < 4.78 is 8.40. The molecule has 9 nitrogen and oxygen atoms in total. The van der Waals surface area contributed by atoms with E-state index in [2.05, 4.69) is 20.2 Å². The molecule has 0 bridgehead atoms. The molecule has 0 unspecified atom stereocenters. The van der Waals surface area contributed by atoms with Gasteiger partial charge in [-0.15, -0.1) is 11.3 Å². The zero-order valence-electron chi connectivity index (χ0n) is 18.3. The van der Waals surface area contributed by atoms with Gasteiger partial charge in [0.25, 0.3) is 5.91 Å². The van der Waals surface area contributed by atoms with Crippen molar-refractivity contribution in [2.24, 2.45) is 0 Å². The summed E-state index contributed by atoms with van der Waals surface area (Å²) in [5.74, 6) is 0.416. The minimum atomic E-state index is -0.385. The number of nitrogens with zero attached hydrogens (tertiary/aromatic N) is 4. The number of morpholine rings is 1. The molecule has 0 radical (unpaired) electrons. The fraction of sp³-hybridized carbons (Fsp3) is 0.250. The van der Waals surface area contributed by atoms with E-state index in [-0.39, 0.29) is 16.9 Å². The van der Waals surface area contributed by atoms with Gasteiger partial charge >= 0.3 is 0 Å². The van der Waals surface area contributed by atoms with Gasteiger partial charge in [-0.25, -0.2) is 9.97 Å². The Morgan fingerprint density at radius 1 is 1.18 bits per heavy atom. The molecule has 2 N–H and O–H groups in total. The van der Waals surface area contributed by atoms with E-state index < -0.39 is 0 Å². The molecular formula is C24H22N6O3S. The molecule has 0 aliphatic carbocycles. The van der Waals surface area contributed by atoms with Gasteiger partial charge in [-0.2, -0.15) is 0 Å². The number of nitrogens with one attached hydrogen (secondary N) is 2. The molecule has 1 saturated heterocycles. The normalized spacial score (nSPS) is 14.3. The Balaban J connectivity index is 1.50. The summed E-state index contributed by atoms with van der Waals surface area (Å²) in [5.41, 5.74) is 2.18. The van der Waals surface area contributed by atoms with Gasteiger partial charge in [0.15, 0.2) is 5.65 Å². The topological polar surface area (TPSA) is 105 Å². The lowest BCUT2D eigenvalue weighted by atomic mass is 10.1. The number of aromatic nitrogens is 4. The average molecular weight is 475 g/mol. The summed E-state index contributed by atoms with van der Waals surface area (Å²) >= 11 is 1.43. The summed E-state index contributed by atoms with van der Waals surface area (Å²) in [6.45, 7) is 3.17. The number of carbonyl (C=O) groups excluding carboxylic acids is 1. The predicted molar refractivity (Wildman–Crippen MR) is 132 cm³/mol. The van der Waals surface area contributed by atoms with E-state index in [1.165, 1.54) is 11.3 Å². The fourth-order valence-electron chi connectivity index (χ4n) is 4.37. The molecule has 6 rings (SSSR count). The van der Waals surface area contributed by atoms with Crippen molar-refractivity contribution in [1.82, 2.24) is 24.7 Å². The van der Waals surface area contributed by atoms with E-state index in [9.17, 15) is 9.59 Å². The molecule has 10 heteroatoms. The number of anilines is 1. The number of benzene rings is 1. The Labute approximate surface area is 198 Å². The fourth-order valence-corrected chi connectivity index (χ4v) is 5.55. The number of pyridine rings is 2. The summed E-state index contributed by atoms with van der Waals surface area (Å²) in [6, 6.07) is 11.5. The highest BCUT2D eigenvalue weighted by molar-refractivity contribution is 7.24. The van der Waals surface area contributed by atoms with Crippen molar-refractivity contribution < 1.29 is 9.53 Å². The Hall–Kier alpha value is -3.76. The van der Waals surface area contributed by atoms with Crippen molar-refractivity contribution in [1.29, 1.82) is 0 Å². The largest absolute Gasteiger partial charge is 0.378 e. The van der Waals surface area contributed by atoms with Crippen LogP contribution in [-0.4, -0.2) is 58.1 Å². The van der Waals surface area contributed by atoms with Gasteiger partial charge in [-0.1, -0.05) is 12.1 Å². The standard InChI is InChI=1S/C24H22N6O3S/c31-21-16-5-6-19(29-9-11-33-12-10-29)28-22(16)30-17-3-1-2-4-18(17)34-24(30)20(21)23(32)26-8-7-15-13-25-14-27-15/h1-6,13-14H,7-12H2,(H,25,27)(H,26,32). The van der Waals surface area contributed by atoms with E-state index in [0.717, 1.165) is 34.8 Å². The van der Waals surface area contributed by atoms with E-state index in [4.69, 9.17) is 9.72 Å². The summed E-state index contributed by atoms with van der Waals surface area (Å²) in [4.78, 5) is 41.6. The smallest absolute Gasteiger partial charge is 0.258 e. The second-order valence-electron chi connectivity index (χ2n) is 8.12. The first kappa shape index (κ1) is 20.8. The van der Waals surface area contributed by atoms with Gasteiger partial charge in [0.2, 0.25) is 5.43 Å². The lowest BCUT2D eigenvalue weighted by Crippen LogP contribution is -2.37. The van der Waals surface area contributed by atoms with Crippen LogP contribution >= 0.6 is 11.3 Å². The van der Waals surface area contributed by atoms with Gasteiger partial charge in [-0.05, 0) is 24.3 Å². The third-order valence-corrected chi connectivity index (χ3v) is 7.20. The highest BCUT2D eigenvalue weighted by atomic mass is 32.1. The first-order valence-corrected chi connectivity index (χ1v) is 12.0. The molecule has 0 atom stereocenters. The number of ether oxygens (including phenoxy) is 1. The van der Waals surface area contributed by atoms with Crippen LogP contribution in [0.15, 0.2) is 53.7 Å². The molecule has 5 aromatic rings. The maximum Gasteiger partial charge on any atom is 0.258 e. The molecule has 1 aliphatic rings. The van der Waals surface area contributed by atoms with E-state index >= 15 is 0 Å². The van der Waals surface area contributed by atoms with Crippen LogP contribution < -0.4 is 15.6 Å². The van der Waals surface area contributed by atoms with E-state index in [1.807, 2.05) is 34.7 Å². The number of H-pyrrole nitrogens is 1. The Morgan fingerprint density at radius 2 is 2.03 bits per heavy atom. The molecule has 4 aromatic heterocycles. The van der Waals surface area contributed by atoms with Crippen LogP contribution in [0.5, 0.6) is 0 Å². The molecule has 34 heavy (non-hydrogen) atoms. The monoisotopic (exact) mass is 474 g/mol. The first-order chi connectivity index (χ1) is 16.7. The van der Waals surface area contributed by atoms with Crippen LogP contribution in [0.25, 0.3) is 26.1 Å². The van der Waals surface area contributed by atoms with E-state index in [1.54, 1.807) is 18.6 Å². The van der Waals surface area contributed by atoms with Gasteiger partial charge in [0, 0.05) is 32.3 Å². The number of imidazole rings is 1. The molecule has 0 spiro atoms. The van der Waals surface area contributed by atoms with Gasteiger partial charge in [0.1, 0.15) is 16.2 Å². The van der Waals surface area contributed by atoms with Gasteiger partial charge in [0.05, 0.1) is 40.8 Å². The second-order valence-corrected chi connectivity index (χ2v) is 9.15. The zero-order chi connectivity index (χ0) is 23.1. The molecule has 0 saturated carbocycles. The number of thiazole rings is 1. The number of carbonyl (C=O) groups is 1. The number of hydrogen-bond donors (Lipinski definition) is 2. The van der Waals surface area contributed by atoms with Gasteiger partial charge < -0.3 is 19.9 Å². The first-order valence-electron chi connectivity index (χ1n) is 11.2. The maximum absolute atomic E-state index is 13.6. The average Bonchev–Trinajstić information content (AvgIpc) is 3.52. The summed E-state index contributed by atoms with van der Waals surface area (Å²) in [5, 5.41) is 3.33. The number of fused-ring (bicyclic) bond motifs is 5. The molecule has 5 heterocycles. The highest BCUT2D eigenvalue weighted by Crippen LogP contribution is 2.31. The van der Waals surface area contributed by atoms with Crippen molar-refractivity contribution in [2.45, 2.75) is 6.42 Å². The third kappa shape index (κ3) is 3.51. The van der Waals surface area contributed by atoms with Gasteiger partial charge in [-0.3, -0.25) is 14.0 Å². The molecule has 1 amide bonds. The SMILES string of the molecule is O=C(NCCc1c[nH]cn1)c1c(=O)c2ccc(N3CCOCC3)nc2n2c1sc1ccccc12. The second kappa shape index (κ2) is 8.54. The van der Waals surface area contributed by atoms with Crippen molar-refractivity contribution in [2.75, 3.05) is 37.7 Å². The number of para-hydroxylation sites is 1. The molecule has 1 aromatic carbocycles.